The van der Waals surface area contributed by atoms with Gasteiger partial charge in [0.05, 0.1) is 0 Å². The zero-order chi connectivity index (χ0) is 13.1. The minimum atomic E-state index is -1.03. The summed E-state index contributed by atoms with van der Waals surface area (Å²) in [6, 6.07) is -2.31. The van der Waals surface area contributed by atoms with Crippen molar-refractivity contribution < 1.29 is 19.5 Å². The molecule has 9 nitrogen and oxygen atoms in total. The van der Waals surface area contributed by atoms with Crippen LogP contribution in [-0.4, -0.2) is 35.7 Å². The highest BCUT2D eigenvalue weighted by molar-refractivity contribution is 5.73. The van der Waals surface area contributed by atoms with E-state index >= 15 is 0 Å². The van der Waals surface area contributed by atoms with E-state index in [1.165, 1.54) is 0 Å². The minimum absolute atomic E-state index is 0.329. The molecule has 0 aromatic carbocycles. The van der Waals surface area contributed by atoms with Crippen molar-refractivity contribution in [3.63, 3.8) is 0 Å². The molecule has 0 aromatic rings. The summed E-state index contributed by atoms with van der Waals surface area (Å²) in [5, 5.41) is 10.7. The van der Waals surface area contributed by atoms with Gasteiger partial charge in [-0.15, -0.1) is 0 Å². The van der Waals surface area contributed by atoms with Gasteiger partial charge in [0.25, 0.3) is 0 Å². The topological polar surface area (TPSA) is 188 Å². The predicted octanol–water partition coefficient (Wildman–Crippen LogP) is -2.13. The number of carbonyl (C=O) groups excluding carboxylic acids is 2. The zero-order valence-electron chi connectivity index (χ0n) is 8.68. The summed E-state index contributed by atoms with van der Waals surface area (Å²) < 4.78 is 0. The normalized spacial score (nSPS) is 10.6. The Morgan fingerprint density at radius 3 is 1.94 bits per heavy atom. The zero-order valence-corrected chi connectivity index (χ0v) is 8.68. The predicted molar refractivity (Wildman–Crippen MR) is 56.2 cm³/mol. The fourth-order valence-electron chi connectivity index (χ4n) is 0.657. The highest BCUT2D eigenvalue weighted by Gasteiger charge is 2.09. The maximum absolute atomic E-state index is 10.2. The van der Waals surface area contributed by atoms with Crippen LogP contribution in [-0.2, 0) is 4.79 Å². The Labute approximate surface area is 92.1 Å². The minimum Gasteiger partial charge on any atom is -0.480 e. The van der Waals surface area contributed by atoms with Gasteiger partial charge < -0.3 is 33.4 Å². The molecule has 0 radical (unpaired) electrons. The van der Waals surface area contributed by atoms with Crippen LogP contribution < -0.4 is 28.3 Å². The molecule has 0 aromatic heterocycles. The van der Waals surface area contributed by atoms with Crippen LogP contribution in [0.3, 0.4) is 0 Å². The number of carboxylic acids is 1. The molecule has 0 bridgehead atoms. The summed E-state index contributed by atoms with van der Waals surface area (Å²) in [5.74, 6) is -1.03. The lowest BCUT2D eigenvalue weighted by Crippen LogP contribution is -2.33. The molecule has 9 heteroatoms. The lowest BCUT2D eigenvalue weighted by molar-refractivity contribution is -0.138. The third kappa shape index (κ3) is 17.9. The summed E-state index contributed by atoms with van der Waals surface area (Å²) >= 11 is 0. The van der Waals surface area contributed by atoms with Crippen LogP contribution in [0, 0.1) is 0 Å². The summed E-state index contributed by atoms with van der Waals surface area (Å²) in [4.78, 5) is 29.3. The number of hydrogen-bond acceptors (Lipinski definition) is 4. The fourth-order valence-corrected chi connectivity index (χ4v) is 0.657. The molecule has 0 saturated heterocycles. The van der Waals surface area contributed by atoms with Crippen molar-refractivity contribution in [2.75, 3.05) is 6.54 Å². The second-order valence-electron chi connectivity index (χ2n) is 2.78. The Morgan fingerprint density at radius 2 is 1.62 bits per heavy atom. The molecule has 1 unspecified atom stereocenters. The second kappa shape index (κ2) is 9.52. The van der Waals surface area contributed by atoms with Gasteiger partial charge in [0.1, 0.15) is 6.04 Å². The summed E-state index contributed by atoms with van der Waals surface area (Å²) in [7, 11) is 0. The Hall–Kier alpha value is -2.03. The van der Waals surface area contributed by atoms with Crippen LogP contribution in [0.1, 0.15) is 12.8 Å². The summed E-state index contributed by atoms with van der Waals surface area (Å²) in [5.41, 5.74) is 18.5. The van der Waals surface area contributed by atoms with Crippen LogP contribution in [0.2, 0.25) is 0 Å². The van der Waals surface area contributed by atoms with Gasteiger partial charge in [-0.1, -0.05) is 0 Å². The number of aliphatic carboxylic acids is 1. The smallest absolute Gasteiger partial charge is 0.320 e. The number of nitrogens with two attached hydrogens (primary N) is 4. The number of carbonyl (C=O) groups is 3. The lowest BCUT2D eigenvalue weighted by Gasteiger charge is -2.05. The Bertz CT molecular complexity index is 241. The summed E-state index contributed by atoms with van der Waals surface area (Å²) in [6.45, 7) is 0.357. The van der Waals surface area contributed by atoms with Crippen molar-refractivity contribution in [2.45, 2.75) is 18.9 Å². The standard InChI is InChI=1S/C6H13N3O3.CH4N2O/c7-4(5(10)11)2-1-3-9-6(8)12;2-1(3)4/h4H,1-3,7H2,(H,10,11)(H3,8,9,12);(H4,2,3,4). The van der Waals surface area contributed by atoms with Crippen LogP contribution in [0.4, 0.5) is 9.59 Å². The van der Waals surface area contributed by atoms with Gasteiger partial charge in [-0.05, 0) is 12.8 Å². The first-order valence-electron chi connectivity index (χ1n) is 4.34. The van der Waals surface area contributed by atoms with Crippen molar-refractivity contribution in [3.05, 3.63) is 0 Å². The Kier molecular flexibility index (Phi) is 9.76. The van der Waals surface area contributed by atoms with Crippen LogP contribution in [0.25, 0.3) is 0 Å². The maximum Gasteiger partial charge on any atom is 0.320 e. The SMILES string of the molecule is NC(=O)NCCCC(N)C(=O)O.NC(N)=O. The quantitative estimate of drug-likeness (QED) is 0.296. The molecule has 1 atom stereocenters. The number of primary amides is 3. The monoisotopic (exact) mass is 235 g/mol. The first-order valence-corrected chi connectivity index (χ1v) is 4.34. The number of urea groups is 2. The first kappa shape index (κ1) is 16.4. The van der Waals surface area contributed by atoms with Gasteiger partial charge in [-0.3, -0.25) is 4.79 Å². The van der Waals surface area contributed by atoms with Crippen LogP contribution in [0.5, 0.6) is 0 Å². The second-order valence-corrected chi connectivity index (χ2v) is 2.78. The van der Waals surface area contributed by atoms with E-state index in [1.54, 1.807) is 0 Å². The largest absolute Gasteiger partial charge is 0.480 e. The van der Waals surface area contributed by atoms with Gasteiger partial charge in [-0.2, -0.15) is 0 Å². The van der Waals surface area contributed by atoms with Crippen molar-refractivity contribution in [1.29, 1.82) is 0 Å². The average molecular weight is 235 g/mol. The molecule has 0 aliphatic carbocycles. The van der Waals surface area contributed by atoms with Crippen LogP contribution in [0.15, 0.2) is 0 Å². The lowest BCUT2D eigenvalue weighted by atomic mass is 10.2. The third-order valence-electron chi connectivity index (χ3n) is 1.31. The van der Waals surface area contributed by atoms with E-state index in [1.807, 2.05) is 0 Å². The van der Waals surface area contributed by atoms with E-state index in [0.29, 0.717) is 19.4 Å². The van der Waals surface area contributed by atoms with Crippen molar-refractivity contribution in [2.24, 2.45) is 22.9 Å². The van der Waals surface area contributed by atoms with E-state index in [4.69, 9.17) is 21.4 Å². The molecule has 0 rings (SSSR count). The molecule has 0 heterocycles. The van der Waals surface area contributed by atoms with Crippen LogP contribution >= 0.6 is 0 Å². The van der Waals surface area contributed by atoms with Crippen molar-refractivity contribution in [3.8, 4) is 0 Å². The highest BCUT2D eigenvalue weighted by Crippen LogP contribution is 1.92. The molecular formula is C7H17N5O4. The van der Waals surface area contributed by atoms with Crippen molar-refractivity contribution >= 4 is 18.0 Å². The molecule has 0 aliphatic heterocycles. The average Bonchev–Trinajstić information content (AvgIpc) is 2.10. The molecule has 94 valence electrons. The van der Waals surface area contributed by atoms with E-state index in [2.05, 4.69) is 16.8 Å². The molecular weight excluding hydrogens is 218 g/mol. The van der Waals surface area contributed by atoms with Gasteiger partial charge in [-0.25, -0.2) is 9.59 Å². The van der Waals surface area contributed by atoms with E-state index in [9.17, 15) is 9.59 Å². The highest BCUT2D eigenvalue weighted by atomic mass is 16.4. The number of rotatable bonds is 5. The molecule has 0 fully saturated rings. The molecule has 0 spiro atoms. The van der Waals surface area contributed by atoms with Gasteiger partial charge in [0, 0.05) is 6.54 Å². The van der Waals surface area contributed by atoms with E-state index in [0.717, 1.165) is 0 Å². The molecule has 0 saturated carbocycles. The third-order valence-corrected chi connectivity index (χ3v) is 1.31. The Balaban J connectivity index is 0. The number of nitrogens with one attached hydrogen (secondary N) is 1. The molecule has 0 aliphatic rings. The molecule has 4 amide bonds. The van der Waals surface area contributed by atoms with Crippen molar-refractivity contribution in [1.82, 2.24) is 5.32 Å². The molecule has 10 N–H and O–H groups in total. The number of hydrogen-bond donors (Lipinski definition) is 6. The van der Waals surface area contributed by atoms with E-state index < -0.39 is 24.1 Å². The first-order chi connectivity index (χ1) is 7.27. The van der Waals surface area contributed by atoms with Gasteiger partial charge in [0.15, 0.2) is 0 Å². The number of carboxylic acid groups (broad SMARTS) is 1. The summed E-state index contributed by atoms with van der Waals surface area (Å²) in [6.07, 6.45) is 0.839. The number of amides is 4. The molecule has 16 heavy (non-hydrogen) atoms. The maximum atomic E-state index is 10.2. The Morgan fingerprint density at radius 1 is 1.19 bits per heavy atom. The van der Waals surface area contributed by atoms with Gasteiger partial charge in [0.2, 0.25) is 0 Å². The fraction of sp³-hybridized carbons (Fsp3) is 0.571. The van der Waals surface area contributed by atoms with E-state index in [-0.39, 0.29) is 0 Å². The van der Waals surface area contributed by atoms with Gasteiger partial charge >= 0.3 is 18.0 Å².